The fourth-order valence-electron chi connectivity index (χ4n) is 2.08. The first-order chi connectivity index (χ1) is 7.77. The van der Waals surface area contributed by atoms with Crippen LogP contribution >= 0.6 is 11.8 Å². The minimum atomic E-state index is 0.210. The van der Waals surface area contributed by atoms with Gasteiger partial charge >= 0.3 is 0 Å². The van der Waals surface area contributed by atoms with Crippen LogP contribution in [0.1, 0.15) is 5.56 Å². The third-order valence-corrected chi connectivity index (χ3v) is 4.18. The van der Waals surface area contributed by atoms with Gasteiger partial charge in [-0.2, -0.15) is 11.8 Å². The van der Waals surface area contributed by atoms with Gasteiger partial charge in [0.2, 0.25) is 0 Å². The molecule has 2 rings (SSSR count). The summed E-state index contributed by atoms with van der Waals surface area (Å²) in [4.78, 5) is 6.51. The predicted molar refractivity (Wildman–Crippen MR) is 69.7 cm³/mol. The van der Waals surface area contributed by atoms with Crippen molar-refractivity contribution in [3.63, 3.8) is 0 Å². The van der Waals surface area contributed by atoms with E-state index in [9.17, 15) is 0 Å². The SMILES string of the molecule is CN1CCSCC1C(N)Cc1cccnc1. The van der Waals surface area contributed by atoms with Crippen molar-refractivity contribution in [2.75, 3.05) is 25.1 Å². The van der Waals surface area contributed by atoms with E-state index in [1.807, 2.05) is 24.0 Å². The number of nitrogens with two attached hydrogens (primary N) is 1. The van der Waals surface area contributed by atoms with Crippen molar-refractivity contribution in [3.05, 3.63) is 30.1 Å². The summed E-state index contributed by atoms with van der Waals surface area (Å²) in [6.45, 7) is 1.15. The molecule has 1 aromatic heterocycles. The minimum absolute atomic E-state index is 0.210. The Morgan fingerprint density at radius 1 is 1.69 bits per heavy atom. The second kappa shape index (κ2) is 5.66. The highest BCUT2D eigenvalue weighted by Crippen LogP contribution is 2.18. The molecular formula is C12H19N3S. The van der Waals surface area contributed by atoms with Crippen molar-refractivity contribution >= 4 is 11.8 Å². The molecule has 88 valence electrons. The van der Waals surface area contributed by atoms with E-state index in [0.717, 1.165) is 18.7 Å². The molecule has 2 heterocycles. The molecule has 0 radical (unpaired) electrons. The molecule has 0 bridgehead atoms. The maximum atomic E-state index is 6.29. The van der Waals surface area contributed by atoms with Crippen molar-refractivity contribution in [1.82, 2.24) is 9.88 Å². The first-order valence-corrected chi connectivity index (χ1v) is 6.85. The highest BCUT2D eigenvalue weighted by atomic mass is 32.2. The maximum absolute atomic E-state index is 6.29. The molecule has 0 spiro atoms. The van der Waals surface area contributed by atoms with Crippen LogP contribution in [0.15, 0.2) is 24.5 Å². The van der Waals surface area contributed by atoms with E-state index in [-0.39, 0.29) is 6.04 Å². The predicted octanol–water partition coefficient (Wildman–Crippen LogP) is 0.999. The van der Waals surface area contributed by atoms with Crippen LogP contribution in [0, 0.1) is 0 Å². The third-order valence-electron chi connectivity index (χ3n) is 3.13. The molecule has 0 aromatic carbocycles. The van der Waals surface area contributed by atoms with E-state index in [1.54, 1.807) is 6.20 Å². The molecule has 1 fully saturated rings. The van der Waals surface area contributed by atoms with Gasteiger partial charge in [-0.25, -0.2) is 0 Å². The highest BCUT2D eigenvalue weighted by Gasteiger charge is 2.25. The smallest absolute Gasteiger partial charge is 0.0338 e. The minimum Gasteiger partial charge on any atom is -0.326 e. The van der Waals surface area contributed by atoms with Crippen LogP contribution in [0.5, 0.6) is 0 Å². The summed E-state index contributed by atoms with van der Waals surface area (Å²) < 4.78 is 0. The van der Waals surface area contributed by atoms with Gasteiger partial charge in [0.1, 0.15) is 0 Å². The van der Waals surface area contributed by atoms with Crippen molar-refractivity contribution in [2.24, 2.45) is 5.73 Å². The van der Waals surface area contributed by atoms with Gasteiger partial charge < -0.3 is 10.6 Å². The maximum Gasteiger partial charge on any atom is 0.0338 e. The third kappa shape index (κ3) is 2.97. The van der Waals surface area contributed by atoms with Crippen LogP contribution < -0.4 is 5.73 Å². The van der Waals surface area contributed by atoms with Crippen molar-refractivity contribution < 1.29 is 0 Å². The largest absolute Gasteiger partial charge is 0.326 e. The highest BCUT2D eigenvalue weighted by molar-refractivity contribution is 7.99. The number of nitrogens with zero attached hydrogens (tertiary/aromatic N) is 2. The quantitative estimate of drug-likeness (QED) is 0.851. The molecule has 0 aliphatic carbocycles. The average Bonchev–Trinajstić information content (AvgIpc) is 2.31. The van der Waals surface area contributed by atoms with Crippen molar-refractivity contribution in [1.29, 1.82) is 0 Å². The Morgan fingerprint density at radius 3 is 3.25 bits per heavy atom. The van der Waals surface area contributed by atoms with E-state index in [4.69, 9.17) is 5.73 Å². The average molecular weight is 237 g/mol. The van der Waals surface area contributed by atoms with Gasteiger partial charge in [-0.1, -0.05) is 6.07 Å². The lowest BCUT2D eigenvalue weighted by molar-refractivity contribution is 0.235. The molecule has 3 nitrogen and oxygen atoms in total. The lowest BCUT2D eigenvalue weighted by atomic mass is 10.0. The number of thioether (sulfide) groups is 1. The van der Waals surface area contributed by atoms with E-state index in [1.165, 1.54) is 11.3 Å². The Balaban J connectivity index is 1.94. The summed E-state index contributed by atoms with van der Waals surface area (Å²) in [5.41, 5.74) is 7.52. The standard InChI is InChI=1S/C12H19N3S/c1-15-5-6-16-9-12(15)11(13)7-10-3-2-4-14-8-10/h2-4,8,11-12H,5-7,9,13H2,1H3. The number of hydrogen-bond donors (Lipinski definition) is 1. The van der Waals surface area contributed by atoms with Gasteiger partial charge in [-0.15, -0.1) is 0 Å². The molecule has 0 saturated carbocycles. The lowest BCUT2D eigenvalue weighted by Crippen LogP contribution is -2.51. The van der Waals surface area contributed by atoms with Crippen LogP contribution in [0.3, 0.4) is 0 Å². The summed E-state index contributed by atoms with van der Waals surface area (Å²) in [6.07, 6.45) is 4.64. The summed E-state index contributed by atoms with van der Waals surface area (Å²) in [5.74, 6) is 2.38. The second-order valence-corrected chi connectivity index (χ2v) is 5.50. The molecule has 1 aromatic rings. The first-order valence-electron chi connectivity index (χ1n) is 5.70. The van der Waals surface area contributed by atoms with Crippen LogP contribution in [0.2, 0.25) is 0 Å². The molecular weight excluding hydrogens is 218 g/mol. The molecule has 1 saturated heterocycles. The van der Waals surface area contributed by atoms with Gasteiger partial charge in [0.05, 0.1) is 0 Å². The van der Waals surface area contributed by atoms with E-state index in [2.05, 4.69) is 23.0 Å². The number of likely N-dealkylation sites (N-methyl/N-ethyl adjacent to an activating group) is 1. The van der Waals surface area contributed by atoms with Crippen LogP contribution in [-0.4, -0.2) is 47.1 Å². The zero-order chi connectivity index (χ0) is 11.4. The fraction of sp³-hybridized carbons (Fsp3) is 0.583. The Labute approximate surface area is 101 Å². The van der Waals surface area contributed by atoms with Gasteiger partial charge in [0.15, 0.2) is 0 Å². The Kier molecular flexibility index (Phi) is 4.21. The molecule has 1 aliphatic heterocycles. The first kappa shape index (κ1) is 11.9. The molecule has 16 heavy (non-hydrogen) atoms. The Bertz CT molecular complexity index is 317. The summed E-state index contributed by atoms with van der Waals surface area (Å²) in [5, 5.41) is 0. The van der Waals surface area contributed by atoms with E-state index < -0.39 is 0 Å². The Morgan fingerprint density at radius 2 is 2.56 bits per heavy atom. The monoisotopic (exact) mass is 237 g/mol. The van der Waals surface area contributed by atoms with Crippen LogP contribution in [-0.2, 0) is 6.42 Å². The van der Waals surface area contributed by atoms with Crippen molar-refractivity contribution in [3.8, 4) is 0 Å². The topological polar surface area (TPSA) is 42.1 Å². The van der Waals surface area contributed by atoms with Crippen molar-refractivity contribution in [2.45, 2.75) is 18.5 Å². The number of rotatable bonds is 3. The molecule has 2 unspecified atom stereocenters. The zero-order valence-corrected chi connectivity index (χ0v) is 10.5. The van der Waals surface area contributed by atoms with E-state index in [0.29, 0.717) is 6.04 Å². The zero-order valence-electron chi connectivity index (χ0n) is 9.67. The van der Waals surface area contributed by atoms with Crippen LogP contribution in [0.25, 0.3) is 0 Å². The number of aromatic nitrogens is 1. The van der Waals surface area contributed by atoms with Gasteiger partial charge in [-0.05, 0) is 25.1 Å². The summed E-state index contributed by atoms with van der Waals surface area (Å²) >= 11 is 2.01. The molecule has 0 amide bonds. The fourth-order valence-corrected chi connectivity index (χ4v) is 3.41. The molecule has 2 atom stereocenters. The molecule has 2 N–H and O–H groups in total. The van der Waals surface area contributed by atoms with Crippen LogP contribution in [0.4, 0.5) is 0 Å². The Hall–Kier alpha value is -0.580. The molecule has 4 heteroatoms. The summed E-state index contributed by atoms with van der Waals surface area (Å²) in [6, 6.07) is 4.78. The lowest BCUT2D eigenvalue weighted by Gasteiger charge is -2.36. The van der Waals surface area contributed by atoms with Gasteiger partial charge in [-0.3, -0.25) is 4.98 Å². The van der Waals surface area contributed by atoms with Gasteiger partial charge in [0.25, 0.3) is 0 Å². The number of pyridine rings is 1. The molecule has 1 aliphatic rings. The normalized spacial score (nSPS) is 24.2. The van der Waals surface area contributed by atoms with Gasteiger partial charge in [0, 0.05) is 42.5 Å². The van der Waals surface area contributed by atoms with E-state index >= 15 is 0 Å². The summed E-state index contributed by atoms with van der Waals surface area (Å²) in [7, 11) is 2.17. The number of hydrogen-bond acceptors (Lipinski definition) is 4. The second-order valence-electron chi connectivity index (χ2n) is 4.35.